The lowest BCUT2D eigenvalue weighted by molar-refractivity contribution is 0.291. The molecule has 2 aromatic rings. The number of anilines is 1. The van der Waals surface area contributed by atoms with Crippen LogP contribution in [0.15, 0.2) is 35.1 Å². The number of ether oxygens (including phenoxy) is 1. The fourth-order valence-corrected chi connectivity index (χ4v) is 2.51. The Morgan fingerprint density at radius 1 is 1.45 bits per heavy atom. The van der Waals surface area contributed by atoms with Crippen LogP contribution in [-0.4, -0.2) is 22.6 Å². The lowest BCUT2D eigenvalue weighted by atomic mass is 10.1. The van der Waals surface area contributed by atoms with E-state index in [0.717, 1.165) is 11.4 Å². The standard InChI is InChI=1S/C16H16N4O2/c1-11-9-20-15(19(11)2)7-14(18-16(20)21)22-10-13-5-3-4-12(6-13)8-17/h3-7,11H,9-10H2,1-2H3/t11-/m1/s1. The molecule has 1 atom stereocenters. The van der Waals surface area contributed by atoms with Crippen LogP contribution in [0, 0.1) is 11.3 Å². The Kier molecular flexibility index (Phi) is 3.55. The van der Waals surface area contributed by atoms with Gasteiger partial charge in [0.15, 0.2) is 0 Å². The molecule has 6 heteroatoms. The SMILES string of the molecule is C[C@@H]1Cn2c(cc(OCc3cccc(C#N)c3)nc2=O)N1C. The molecule has 0 N–H and O–H groups in total. The minimum Gasteiger partial charge on any atom is -0.473 e. The van der Waals surface area contributed by atoms with Crippen molar-refractivity contribution in [1.82, 2.24) is 9.55 Å². The van der Waals surface area contributed by atoms with Crippen molar-refractivity contribution in [2.45, 2.75) is 26.1 Å². The zero-order valence-corrected chi connectivity index (χ0v) is 12.5. The van der Waals surface area contributed by atoms with Crippen molar-refractivity contribution in [2.75, 3.05) is 11.9 Å². The van der Waals surface area contributed by atoms with Gasteiger partial charge in [0.05, 0.1) is 11.6 Å². The molecule has 1 aromatic heterocycles. The number of aromatic nitrogens is 2. The smallest absolute Gasteiger partial charge is 0.352 e. The molecule has 0 fully saturated rings. The van der Waals surface area contributed by atoms with Crippen molar-refractivity contribution in [3.05, 3.63) is 51.9 Å². The molecule has 0 saturated carbocycles. The van der Waals surface area contributed by atoms with Crippen molar-refractivity contribution in [2.24, 2.45) is 0 Å². The number of likely N-dealkylation sites (N-methyl/N-ethyl adjacent to an activating group) is 1. The number of benzene rings is 1. The Morgan fingerprint density at radius 3 is 3.05 bits per heavy atom. The van der Waals surface area contributed by atoms with Gasteiger partial charge in [0.1, 0.15) is 12.4 Å². The number of nitriles is 1. The van der Waals surface area contributed by atoms with E-state index in [1.165, 1.54) is 0 Å². The van der Waals surface area contributed by atoms with E-state index in [9.17, 15) is 4.79 Å². The average Bonchev–Trinajstić information content (AvgIpc) is 2.82. The molecule has 3 rings (SSSR count). The van der Waals surface area contributed by atoms with E-state index in [1.54, 1.807) is 28.8 Å². The molecule has 22 heavy (non-hydrogen) atoms. The lowest BCUT2D eigenvalue weighted by Crippen LogP contribution is -2.23. The second-order valence-electron chi connectivity index (χ2n) is 5.41. The minimum absolute atomic E-state index is 0.261. The highest BCUT2D eigenvalue weighted by atomic mass is 16.5. The highest BCUT2D eigenvalue weighted by Crippen LogP contribution is 2.24. The van der Waals surface area contributed by atoms with Crippen LogP contribution in [0.5, 0.6) is 5.88 Å². The van der Waals surface area contributed by atoms with Gasteiger partial charge in [0, 0.05) is 25.7 Å². The van der Waals surface area contributed by atoms with E-state index < -0.39 is 0 Å². The van der Waals surface area contributed by atoms with Crippen LogP contribution in [0.3, 0.4) is 0 Å². The largest absolute Gasteiger partial charge is 0.473 e. The van der Waals surface area contributed by atoms with Crippen LogP contribution < -0.4 is 15.3 Å². The van der Waals surface area contributed by atoms with Gasteiger partial charge in [-0.15, -0.1) is 0 Å². The van der Waals surface area contributed by atoms with E-state index >= 15 is 0 Å². The predicted octanol–water partition coefficient (Wildman–Crippen LogP) is 1.53. The quantitative estimate of drug-likeness (QED) is 0.859. The maximum atomic E-state index is 12.0. The van der Waals surface area contributed by atoms with Gasteiger partial charge in [-0.1, -0.05) is 12.1 Å². The van der Waals surface area contributed by atoms with Crippen molar-refractivity contribution in [3.8, 4) is 11.9 Å². The van der Waals surface area contributed by atoms with Gasteiger partial charge in [-0.25, -0.2) is 4.79 Å². The average molecular weight is 296 g/mol. The molecule has 6 nitrogen and oxygen atoms in total. The third-order valence-corrected chi connectivity index (χ3v) is 3.88. The molecule has 1 aromatic carbocycles. The van der Waals surface area contributed by atoms with Crippen LogP contribution in [0.1, 0.15) is 18.1 Å². The zero-order chi connectivity index (χ0) is 15.7. The number of hydrogen-bond donors (Lipinski definition) is 0. The third kappa shape index (κ3) is 2.53. The molecule has 0 spiro atoms. The number of fused-ring (bicyclic) bond motifs is 1. The maximum Gasteiger partial charge on any atom is 0.352 e. The molecule has 1 aliphatic heterocycles. The first-order chi connectivity index (χ1) is 10.6. The molecule has 2 heterocycles. The Bertz CT molecular complexity index is 807. The van der Waals surface area contributed by atoms with E-state index in [4.69, 9.17) is 10.00 Å². The molecule has 1 aliphatic rings. The van der Waals surface area contributed by atoms with Crippen LogP contribution in [0.4, 0.5) is 5.82 Å². The first-order valence-corrected chi connectivity index (χ1v) is 7.05. The van der Waals surface area contributed by atoms with Crippen molar-refractivity contribution in [1.29, 1.82) is 5.26 Å². The van der Waals surface area contributed by atoms with E-state index in [-0.39, 0.29) is 18.3 Å². The van der Waals surface area contributed by atoms with Gasteiger partial charge in [-0.2, -0.15) is 10.2 Å². The summed E-state index contributed by atoms with van der Waals surface area (Å²) in [4.78, 5) is 18.0. The summed E-state index contributed by atoms with van der Waals surface area (Å²) in [6.45, 7) is 2.97. The van der Waals surface area contributed by atoms with Crippen molar-refractivity contribution < 1.29 is 4.74 Å². The molecule has 0 saturated heterocycles. The molecule has 0 radical (unpaired) electrons. The predicted molar refractivity (Wildman–Crippen MR) is 81.9 cm³/mol. The molecule has 0 unspecified atom stereocenters. The minimum atomic E-state index is -0.297. The molecule has 112 valence electrons. The Morgan fingerprint density at radius 2 is 2.27 bits per heavy atom. The van der Waals surface area contributed by atoms with Crippen molar-refractivity contribution >= 4 is 5.82 Å². The highest BCUT2D eigenvalue weighted by Gasteiger charge is 2.25. The van der Waals surface area contributed by atoms with Gasteiger partial charge in [-0.05, 0) is 24.6 Å². The van der Waals surface area contributed by atoms with Gasteiger partial charge in [-0.3, -0.25) is 4.57 Å². The Balaban J connectivity index is 1.81. The summed E-state index contributed by atoms with van der Waals surface area (Å²) in [7, 11) is 1.95. The van der Waals surface area contributed by atoms with Gasteiger partial charge in [0.25, 0.3) is 0 Å². The van der Waals surface area contributed by atoms with Crippen LogP contribution in [0.2, 0.25) is 0 Å². The molecule has 0 aliphatic carbocycles. The summed E-state index contributed by atoms with van der Waals surface area (Å²) in [6, 6.07) is 11.3. The Hall–Kier alpha value is -2.81. The first-order valence-electron chi connectivity index (χ1n) is 7.05. The summed E-state index contributed by atoms with van der Waals surface area (Å²) in [5, 5.41) is 8.89. The first kappa shape index (κ1) is 14.1. The monoisotopic (exact) mass is 296 g/mol. The second kappa shape index (κ2) is 5.53. The number of rotatable bonds is 3. The van der Waals surface area contributed by atoms with Crippen LogP contribution in [0.25, 0.3) is 0 Å². The van der Waals surface area contributed by atoms with Crippen LogP contribution >= 0.6 is 0 Å². The molecular formula is C16H16N4O2. The fourth-order valence-electron chi connectivity index (χ4n) is 2.51. The van der Waals surface area contributed by atoms with Crippen LogP contribution in [-0.2, 0) is 13.2 Å². The fraction of sp³-hybridized carbons (Fsp3) is 0.312. The summed E-state index contributed by atoms with van der Waals surface area (Å²) in [5.74, 6) is 1.12. The van der Waals surface area contributed by atoms with Gasteiger partial charge >= 0.3 is 5.69 Å². The molecule has 0 amide bonds. The maximum absolute atomic E-state index is 12.0. The normalized spacial score (nSPS) is 16.2. The summed E-state index contributed by atoms with van der Waals surface area (Å²) in [5.41, 5.74) is 1.15. The lowest BCUT2D eigenvalue weighted by Gasteiger charge is -2.16. The summed E-state index contributed by atoms with van der Waals surface area (Å²) < 4.78 is 7.27. The van der Waals surface area contributed by atoms with Gasteiger partial charge < -0.3 is 9.64 Å². The van der Waals surface area contributed by atoms with E-state index in [1.807, 2.05) is 18.0 Å². The Labute approximate surface area is 128 Å². The second-order valence-corrected chi connectivity index (χ2v) is 5.41. The van der Waals surface area contributed by atoms with E-state index in [2.05, 4.69) is 18.0 Å². The summed E-state index contributed by atoms with van der Waals surface area (Å²) >= 11 is 0. The molecule has 0 bridgehead atoms. The highest BCUT2D eigenvalue weighted by molar-refractivity contribution is 5.45. The third-order valence-electron chi connectivity index (χ3n) is 3.88. The van der Waals surface area contributed by atoms with Gasteiger partial charge in [0.2, 0.25) is 5.88 Å². The number of nitrogens with zero attached hydrogens (tertiary/aromatic N) is 4. The number of hydrogen-bond acceptors (Lipinski definition) is 5. The van der Waals surface area contributed by atoms with Crippen molar-refractivity contribution in [3.63, 3.8) is 0 Å². The zero-order valence-electron chi connectivity index (χ0n) is 12.5. The summed E-state index contributed by atoms with van der Waals surface area (Å²) in [6.07, 6.45) is 0. The topological polar surface area (TPSA) is 71.1 Å². The van der Waals surface area contributed by atoms with E-state index in [0.29, 0.717) is 18.0 Å². The molecular weight excluding hydrogens is 280 g/mol.